The molecule has 34 heavy (non-hydrogen) atoms. The molecule has 0 heterocycles. The Morgan fingerprint density at radius 1 is 0.971 bits per heavy atom. The molecule has 0 aliphatic heterocycles. The fourth-order valence-electron chi connectivity index (χ4n) is 3.40. The van der Waals surface area contributed by atoms with Crippen LogP contribution in [0.25, 0.3) is 0 Å². The predicted octanol–water partition coefficient (Wildman–Crippen LogP) is 5.86. The molecular formula is C27H32BrClN2O3. The SMILES string of the molecule is CCOc1cc(CNC(C)c2ccccc2)c(Br)cc1OCC(=O)NCCc1ccccc1.Cl. The number of carbonyl (C=O) groups excluding carboxylic acids is 1. The van der Waals surface area contributed by atoms with Gasteiger partial charge in [-0.1, -0.05) is 76.6 Å². The summed E-state index contributed by atoms with van der Waals surface area (Å²) in [6, 6.07) is 24.4. The van der Waals surface area contributed by atoms with E-state index in [-0.39, 0.29) is 31.0 Å². The number of rotatable bonds is 12. The first-order valence-corrected chi connectivity index (χ1v) is 12.0. The molecule has 2 N–H and O–H groups in total. The zero-order valence-corrected chi connectivity index (χ0v) is 22.0. The van der Waals surface area contributed by atoms with E-state index in [0.717, 1.165) is 16.5 Å². The molecule has 3 rings (SSSR count). The lowest BCUT2D eigenvalue weighted by Gasteiger charge is -2.18. The molecule has 0 spiro atoms. The number of halogens is 2. The number of amides is 1. The van der Waals surface area contributed by atoms with Crippen LogP contribution in [-0.2, 0) is 17.8 Å². The highest BCUT2D eigenvalue weighted by Crippen LogP contribution is 2.34. The van der Waals surface area contributed by atoms with Crippen LogP contribution in [0.5, 0.6) is 11.5 Å². The summed E-state index contributed by atoms with van der Waals surface area (Å²) in [6.07, 6.45) is 0.783. The number of nitrogens with one attached hydrogen (secondary N) is 2. The molecular weight excluding hydrogens is 516 g/mol. The van der Waals surface area contributed by atoms with Crippen molar-refractivity contribution in [1.29, 1.82) is 0 Å². The Kier molecular flexibility index (Phi) is 11.9. The molecule has 5 nitrogen and oxygen atoms in total. The second-order valence-electron chi connectivity index (χ2n) is 7.71. The molecule has 3 aromatic rings. The van der Waals surface area contributed by atoms with E-state index in [4.69, 9.17) is 9.47 Å². The van der Waals surface area contributed by atoms with Gasteiger partial charge in [-0.3, -0.25) is 4.79 Å². The summed E-state index contributed by atoms with van der Waals surface area (Å²) < 4.78 is 12.5. The van der Waals surface area contributed by atoms with Gasteiger partial charge in [0.05, 0.1) is 6.61 Å². The third kappa shape index (κ3) is 8.67. The normalized spacial score (nSPS) is 11.3. The van der Waals surface area contributed by atoms with E-state index in [9.17, 15) is 4.79 Å². The van der Waals surface area contributed by atoms with E-state index in [1.807, 2.05) is 67.6 Å². The molecule has 0 aliphatic carbocycles. The van der Waals surface area contributed by atoms with Gasteiger partial charge in [-0.05, 0) is 49.1 Å². The summed E-state index contributed by atoms with van der Waals surface area (Å²) in [5.41, 5.74) is 3.48. The molecule has 7 heteroatoms. The van der Waals surface area contributed by atoms with Crippen molar-refractivity contribution in [3.63, 3.8) is 0 Å². The summed E-state index contributed by atoms with van der Waals surface area (Å²) in [6.45, 7) is 5.74. The Balaban J connectivity index is 0.00000408. The third-order valence-electron chi connectivity index (χ3n) is 5.25. The number of ether oxygens (including phenoxy) is 2. The maximum absolute atomic E-state index is 12.2. The van der Waals surface area contributed by atoms with Gasteiger partial charge in [0, 0.05) is 23.6 Å². The second kappa shape index (κ2) is 14.7. The van der Waals surface area contributed by atoms with Gasteiger partial charge < -0.3 is 20.1 Å². The van der Waals surface area contributed by atoms with Crippen molar-refractivity contribution < 1.29 is 14.3 Å². The van der Waals surface area contributed by atoms with Crippen LogP contribution < -0.4 is 20.1 Å². The van der Waals surface area contributed by atoms with Crippen molar-refractivity contribution in [2.24, 2.45) is 0 Å². The van der Waals surface area contributed by atoms with Crippen molar-refractivity contribution in [3.8, 4) is 11.5 Å². The zero-order chi connectivity index (χ0) is 23.5. The van der Waals surface area contributed by atoms with E-state index in [1.165, 1.54) is 11.1 Å². The minimum absolute atomic E-state index is 0. The number of carbonyl (C=O) groups is 1. The van der Waals surface area contributed by atoms with Gasteiger partial charge in [0.1, 0.15) is 0 Å². The summed E-state index contributed by atoms with van der Waals surface area (Å²) in [5, 5.41) is 6.44. The molecule has 1 amide bonds. The molecule has 0 saturated heterocycles. The van der Waals surface area contributed by atoms with E-state index >= 15 is 0 Å². The zero-order valence-electron chi connectivity index (χ0n) is 19.6. The van der Waals surface area contributed by atoms with Crippen LogP contribution in [0.1, 0.15) is 36.6 Å². The molecule has 3 aromatic carbocycles. The van der Waals surface area contributed by atoms with Crippen LogP contribution in [-0.4, -0.2) is 25.7 Å². The van der Waals surface area contributed by atoms with Crippen LogP contribution in [0.3, 0.4) is 0 Å². The highest BCUT2D eigenvalue weighted by Gasteiger charge is 2.14. The van der Waals surface area contributed by atoms with E-state index < -0.39 is 0 Å². The topological polar surface area (TPSA) is 59.6 Å². The first-order chi connectivity index (χ1) is 16.1. The summed E-state index contributed by atoms with van der Waals surface area (Å²) >= 11 is 3.64. The maximum atomic E-state index is 12.2. The molecule has 1 atom stereocenters. The predicted molar refractivity (Wildman–Crippen MR) is 143 cm³/mol. The van der Waals surface area contributed by atoms with Crippen molar-refractivity contribution in [2.75, 3.05) is 19.8 Å². The summed E-state index contributed by atoms with van der Waals surface area (Å²) in [4.78, 5) is 12.2. The highest BCUT2D eigenvalue weighted by molar-refractivity contribution is 9.10. The number of hydrogen-bond donors (Lipinski definition) is 2. The smallest absolute Gasteiger partial charge is 0.257 e. The first kappa shape index (κ1) is 27.7. The molecule has 0 saturated carbocycles. The monoisotopic (exact) mass is 546 g/mol. The van der Waals surface area contributed by atoms with Gasteiger partial charge >= 0.3 is 0 Å². The van der Waals surface area contributed by atoms with Crippen LogP contribution in [0, 0.1) is 0 Å². The van der Waals surface area contributed by atoms with Crippen molar-refractivity contribution >= 4 is 34.2 Å². The lowest BCUT2D eigenvalue weighted by atomic mass is 10.1. The van der Waals surface area contributed by atoms with Crippen LogP contribution >= 0.6 is 28.3 Å². The van der Waals surface area contributed by atoms with Gasteiger partial charge in [0.2, 0.25) is 0 Å². The molecule has 0 fully saturated rings. The molecule has 0 aliphatic rings. The Morgan fingerprint density at radius 3 is 2.29 bits per heavy atom. The van der Waals surface area contributed by atoms with Crippen LogP contribution in [0.2, 0.25) is 0 Å². The van der Waals surface area contributed by atoms with E-state index in [1.54, 1.807) is 0 Å². The summed E-state index contributed by atoms with van der Waals surface area (Å²) in [7, 11) is 0. The van der Waals surface area contributed by atoms with Gasteiger partial charge in [-0.25, -0.2) is 0 Å². The largest absolute Gasteiger partial charge is 0.490 e. The minimum Gasteiger partial charge on any atom is -0.490 e. The quantitative estimate of drug-likeness (QED) is 0.298. The van der Waals surface area contributed by atoms with E-state index in [2.05, 4.69) is 45.6 Å². The molecule has 182 valence electrons. The van der Waals surface area contributed by atoms with Crippen molar-refractivity contribution in [2.45, 2.75) is 32.9 Å². The van der Waals surface area contributed by atoms with Crippen LogP contribution in [0.15, 0.2) is 77.3 Å². The Hall–Kier alpha value is -2.54. The Bertz CT molecular complexity index is 1020. The third-order valence-corrected chi connectivity index (χ3v) is 5.99. The fourth-order valence-corrected chi connectivity index (χ4v) is 3.86. The Labute approximate surface area is 216 Å². The minimum atomic E-state index is -0.160. The van der Waals surface area contributed by atoms with Crippen molar-refractivity contribution in [1.82, 2.24) is 10.6 Å². The average Bonchev–Trinajstić information content (AvgIpc) is 2.84. The lowest BCUT2D eigenvalue weighted by molar-refractivity contribution is -0.123. The second-order valence-corrected chi connectivity index (χ2v) is 8.57. The number of benzene rings is 3. The van der Waals surface area contributed by atoms with Gasteiger partial charge in [-0.15, -0.1) is 12.4 Å². The molecule has 1 unspecified atom stereocenters. The molecule has 0 aromatic heterocycles. The number of hydrogen-bond acceptors (Lipinski definition) is 4. The highest BCUT2D eigenvalue weighted by atomic mass is 79.9. The van der Waals surface area contributed by atoms with Gasteiger partial charge in [-0.2, -0.15) is 0 Å². The lowest BCUT2D eigenvalue weighted by Crippen LogP contribution is -2.30. The first-order valence-electron chi connectivity index (χ1n) is 11.2. The van der Waals surface area contributed by atoms with Crippen LogP contribution in [0.4, 0.5) is 0 Å². The maximum Gasteiger partial charge on any atom is 0.257 e. The molecule has 0 bridgehead atoms. The summed E-state index contributed by atoms with van der Waals surface area (Å²) in [5.74, 6) is 1.01. The Morgan fingerprint density at radius 2 is 1.62 bits per heavy atom. The van der Waals surface area contributed by atoms with Gasteiger partial charge in [0.15, 0.2) is 18.1 Å². The van der Waals surface area contributed by atoms with Crippen molar-refractivity contribution in [3.05, 3.63) is 94.0 Å². The fraction of sp³-hybridized carbons (Fsp3) is 0.296. The van der Waals surface area contributed by atoms with Gasteiger partial charge in [0.25, 0.3) is 5.91 Å². The standard InChI is InChI=1S/C27H31BrN2O3.ClH/c1-3-32-25-16-23(18-30-20(2)22-12-8-5-9-13-22)24(28)17-26(25)33-19-27(31)29-15-14-21-10-6-4-7-11-21;/h4-13,16-17,20,30H,3,14-15,18-19H2,1-2H3,(H,29,31);1H. The van der Waals surface area contributed by atoms with E-state index in [0.29, 0.717) is 31.2 Å². The average molecular weight is 548 g/mol. The molecule has 0 radical (unpaired) electrons.